The third-order valence-corrected chi connectivity index (χ3v) is 3.76. The normalized spacial score (nSPS) is 10.1. The number of nitrogens with one attached hydrogen (secondary N) is 2. The summed E-state index contributed by atoms with van der Waals surface area (Å²) >= 11 is 0. The van der Waals surface area contributed by atoms with E-state index in [0.717, 1.165) is 5.56 Å². The molecule has 7 heteroatoms. The molecule has 27 heavy (non-hydrogen) atoms. The number of hydrogen-bond acceptors (Lipinski definition) is 6. The zero-order valence-corrected chi connectivity index (χ0v) is 14.7. The second-order valence-electron chi connectivity index (χ2n) is 5.67. The highest BCUT2D eigenvalue weighted by molar-refractivity contribution is 6.05. The molecule has 7 nitrogen and oxygen atoms in total. The van der Waals surface area contributed by atoms with E-state index in [1.165, 1.54) is 7.11 Å². The van der Waals surface area contributed by atoms with Crippen molar-refractivity contribution in [2.24, 2.45) is 0 Å². The van der Waals surface area contributed by atoms with Crippen molar-refractivity contribution in [3.63, 3.8) is 0 Å². The summed E-state index contributed by atoms with van der Waals surface area (Å²) in [4.78, 5) is 32.4. The number of aromatic nitrogens is 2. The van der Waals surface area contributed by atoms with Gasteiger partial charge < -0.3 is 15.4 Å². The number of pyridine rings is 2. The maximum absolute atomic E-state index is 12.5. The van der Waals surface area contributed by atoms with Crippen LogP contribution in [0, 0.1) is 0 Å². The van der Waals surface area contributed by atoms with E-state index < -0.39 is 5.97 Å². The van der Waals surface area contributed by atoms with Crippen LogP contribution in [0.3, 0.4) is 0 Å². The lowest BCUT2D eigenvalue weighted by Gasteiger charge is -2.09. The molecule has 0 bridgehead atoms. The second-order valence-corrected chi connectivity index (χ2v) is 5.67. The molecule has 1 aromatic carbocycles. The van der Waals surface area contributed by atoms with E-state index >= 15 is 0 Å². The Morgan fingerprint density at radius 1 is 1.04 bits per heavy atom. The standard InChI is InChI=1S/C20H18N4O3/c1-27-20(26)16-5-2-6-17(10-16)24-19(25)15-7-9-22-18(11-15)23-13-14-4-3-8-21-12-14/h2-12H,13H2,1H3,(H,22,23)(H,24,25). The molecule has 0 saturated carbocycles. The summed E-state index contributed by atoms with van der Waals surface area (Å²) in [5, 5.41) is 5.93. The van der Waals surface area contributed by atoms with Crippen LogP contribution in [0.25, 0.3) is 0 Å². The van der Waals surface area contributed by atoms with Crippen LogP contribution in [-0.4, -0.2) is 29.0 Å². The minimum absolute atomic E-state index is 0.302. The fourth-order valence-electron chi connectivity index (χ4n) is 2.41. The van der Waals surface area contributed by atoms with Crippen LogP contribution in [0.15, 0.2) is 67.1 Å². The summed E-state index contributed by atoms with van der Waals surface area (Å²) in [6.07, 6.45) is 5.03. The molecule has 0 atom stereocenters. The van der Waals surface area contributed by atoms with Crippen LogP contribution in [0.2, 0.25) is 0 Å². The monoisotopic (exact) mass is 362 g/mol. The molecule has 0 aliphatic rings. The minimum Gasteiger partial charge on any atom is -0.465 e. The molecule has 3 rings (SSSR count). The largest absolute Gasteiger partial charge is 0.465 e. The maximum Gasteiger partial charge on any atom is 0.337 e. The number of ether oxygens (including phenoxy) is 1. The van der Waals surface area contributed by atoms with Crippen molar-refractivity contribution in [1.82, 2.24) is 9.97 Å². The van der Waals surface area contributed by atoms with E-state index in [-0.39, 0.29) is 5.91 Å². The third-order valence-electron chi connectivity index (χ3n) is 3.76. The van der Waals surface area contributed by atoms with Crippen molar-refractivity contribution in [3.05, 3.63) is 83.8 Å². The summed E-state index contributed by atoms with van der Waals surface area (Å²) < 4.78 is 4.69. The van der Waals surface area contributed by atoms with E-state index in [1.54, 1.807) is 55.0 Å². The molecule has 0 radical (unpaired) electrons. The van der Waals surface area contributed by atoms with Crippen molar-refractivity contribution in [2.75, 3.05) is 17.7 Å². The first kappa shape index (κ1) is 18.1. The number of amides is 1. The van der Waals surface area contributed by atoms with Gasteiger partial charge in [-0.1, -0.05) is 12.1 Å². The molecule has 2 aromatic heterocycles. The molecule has 0 saturated heterocycles. The molecule has 0 aliphatic heterocycles. The van der Waals surface area contributed by atoms with Crippen molar-refractivity contribution in [1.29, 1.82) is 0 Å². The van der Waals surface area contributed by atoms with E-state index in [0.29, 0.717) is 29.2 Å². The minimum atomic E-state index is -0.461. The molecule has 0 fully saturated rings. The number of esters is 1. The molecule has 136 valence electrons. The van der Waals surface area contributed by atoms with Crippen LogP contribution in [-0.2, 0) is 11.3 Å². The Hall–Kier alpha value is -3.74. The van der Waals surface area contributed by atoms with E-state index in [1.807, 2.05) is 12.1 Å². The van der Waals surface area contributed by atoms with Gasteiger partial charge in [0.05, 0.1) is 12.7 Å². The number of nitrogens with zero attached hydrogens (tertiary/aromatic N) is 2. The van der Waals surface area contributed by atoms with Crippen LogP contribution in [0.1, 0.15) is 26.3 Å². The summed E-state index contributed by atoms with van der Waals surface area (Å²) in [7, 11) is 1.31. The Morgan fingerprint density at radius 3 is 2.70 bits per heavy atom. The number of methoxy groups -OCH3 is 1. The van der Waals surface area contributed by atoms with Crippen molar-refractivity contribution in [3.8, 4) is 0 Å². The lowest BCUT2D eigenvalue weighted by Crippen LogP contribution is -2.13. The molecule has 0 aliphatic carbocycles. The predicted molar refractivity (Wildman–Crippen MR) is 102 cm³/mol. The predicted octanol–water partition coefficient (Wildman–Crippen LogP) is 3.13. The Labute approximate surface area is 156 Å². The van der Waals surface area contributed by atoms with Gasteiger partial charge in [0.25, 0.3) is 5.91 Å². The van der Waals surface area contributed by atoms with Gasteiger partial charge >= 0.3 is 5.97 Å². The summed E-state index contributed by atoms with van der Waals surface area (Å²) in [5.41, 5.74) is 2.32. The first-order valence-corrected chi connectivity index (χ1v) is 8.24. The third kappa shape index (κ3) is 4.88. The zero-order valence-electron chi connectivity index (χ0n) is 14.7. The molecule has 2 N–H and O–H groups in total. The van der Waals surface area contributed by atoms with Crippen molar-refractivity contribution < 1.29 is 14.3 Å². The summed E-state index contributed by atoms with van der Waals surface area (Å²) in [6, 6.07) is 13.6. The van der Waals surface area contributed by atoms with E-state index in [2.05, 4.69) is 25.3 Å². The molecule has 2 heterocycles. The quantitative estimate of drug-likeness (QED) is 0.655. The Kier molecular flexibility index (Phi) is 5.73. The average Bonchev–Trinajstić information content (AvgIpc) is 2.73. The number of anilines is 2. The fourth-order valence-corrected chi connectivity index (χ4v) is 2.41. The van der Waals surface area contributed by atoms with Gasteiger partial charge in [0, 0.05) is 36.4 Å². The topological polar surface area (TPSA) is 93.2 Å². The molecule has 0 unspecified atom stereocenters. The van der Waals surface area contributed by atoms with Crippen molar-refractivity contribution >= 4 is 23.4 Å². The van der Waals surface area contributed by atoms with Gasteiger partial charge in [-0.2, -0.15) is 0 Å². The van der Waals surface area contributed by atoms with Gasteiger partial charge in [-0.25, -0.2) is 9.78 Å². The van der Waals surface area contributed by atoms with Crippen LogP contribution in [0.4, 0.5) is 11.5 Å². The van der Waals surface area contributed by atoms with Crippen molar-refractivity contribution in [2.45, 2.75) is 6.54 Å². The van der Waals surface area contributed by atoms with Crippen LogP contribution in [0.5, 0.6) is 0 Å². The molecular formula is C20H18N4O3. The highest BCUT2D eigenvalue weighted by Crippen LogP contribution is 2.15. The summed E-state index contributed by atoms with van der Waals surface area (Å²) in [6.45, 7) is 0.549. The number of carbonyl (C=O) groups excluding carboxylic acids is 2. The van der Waals surface area contributed by atoms with Gasteiger partial charge in [-0.05, 0) is 42.0 Å². The zero-order chi connectivity index (χ0) is 19.1. The van der Waals surface area contributed by atoms with Crippen LogP contribution >= 0.6 is 0 Å². The number of hydrogen-bond donors (Lipinski definition) is 2. The smallest absolute Gasteiger partial charge is 0.337 e. The Bertz CT molecular complexity index is 945. The lowest BCUT2D eigenvalue weighted by atomic mass is 10.2. The Morgan fingerprint density at radius 2 is 1.93 bits per heavy atom. The van der Waals surface area contributed by atoms with Gasteiger partial charge in [-0.3, -0.25) is 9.78 Å². The summed E-state index contributed by atoms with van der Waals surface area (Å²) in [5.74, 6) is -0.185. The van der Waals surface area contributed by atoms with Gasteiger partial charge in [-0.15, -0.1) is 0 Å². The maximum atomic E-state index is 12.5. The van der Waals surface area contributed by atoms with Gasteiger partial charge in [0.1, 0.15) is 5.82 Å². The van der Waals surface area contributed by atoms with Gasteiger partial charge in [0.2, 0.25) is 0 Å². The Balaban J connectivity index is 1.67. The molecule has 3 aromatic rings. The first-order valence-electron chi connectivity index (χ1n) is 8.24. The van der Waals surface area contributed by atoms with E-state index in [4.69, 9.17) is 0 Å². The lowest BCUT2D eigenvalue weighted by molar-refractivity contribution is 0.0600. The van der Waals surface area contributed by atoms with Gasteiger partial charge in [0.15, 0.2) is 0 Å². The molecule has 0 spiro atoms. The molecular weight excluding hydrogens is 344 g/mol. The number of rotatable bonds is 6. The average molecular weight is 362 g/mol. The van der Waals surface area contributed by atoms with E-state index in [9.17, 15) is 9.59 Å². The highest BCUT2D eigenvalue weighted by atomic mass is 16.5. The number of carbonyl (C=O) groups is 2. The molecule has 1 amide bonds. The number of benzene rings is 1. The SMILES string of the molecule is COC(=O)c1cccc(NC(=O)c2ccnc(NCc3cccnc3)c2)c1. The first-order chi connectivity index (χ1) is 13.2. The fraction of sp³-hybridized carbons (Fsp3) is 0.100. The van der Waals surface area contributed by atoms with Crippen LogP contribution < -0.4 is 10.6 Å². The second kappa shape index (κ2) is 8.57. The highest BCUT2D eigenvalue weighted by Gasteiger charge is 2.10.